The molecule has 0 aliphatic heterocycles. The molecule has 0 radical (unpaired) electrons. The van der Waals surface area contributed by atoms with Gasteiger partial charge in [-0.3, -0.25) is 8.93 Å². The molecule has 1 rings (SSSR count). The fourth-order valence-electron chi connectivity index (χ4n) is 1.47. The van der Waals surface area contributed by atoms with Crippen molar-refractivity contribution in [3.63, 3.8) is 0 Å². The van der Waals surface area contributed by atoms with Crippen LogP contribution in [-0.2, 0) is 21.0 Å². The predicted octanol–water partition coefficient (Wildman–Crippen LogP) is 1.81. The number of nitrogens with one attached hydrogen (secondary N) is 1. The summed E-state index contributed by atoms with van der Waals surface area (Å²) in [5.41, 5.74) is 0.427. The normalized spacial score (nSPS) is 13.5. The smallest absolute Gasteiger partial charge is 0.271 e. The molecule has 0 aliphatic carbocycles. The van der Waals surface area contributed by atoms with Gasteiger partial charge in [0.05, 0.1) is 5.69 Å². The van der Waals surface area contributed by atoms with E-state index in [0.717, 1.165) is 12.8 Å². The third kappa shape index (κ3) is 4.93. The molecule has 0 amide bonds. The fraction of sp³-hybridized carbons (Fsp3) is 0.500. The highest BCUT2D eigenvalue weighted by atomic mass is 32.2. The van der Waals surface area contributed by atoms with E-state index in [1.165, 1.54) is 4.31 Å². The number of hydrogen-bond donors (Lipinski definition) is 1. The van der Waals surface area contributed by atoms with Crippen LogP contribution in [0.15, 0.2) is 29.2 Å². The molecule has 0 aromatic heterocycles. The Hall–Kier alpha value is -0.920. The lowest BCUT2D eigenvalue weighted by atomic mass is 10.3. The van der Waals surface area contributed by atoms with E-state index in [9.17, 15) is 12.6 Å². The summed E-state index contributed by atoms with van der Waals surface area (Å²) >= 11 is 0. The first kappa shape index (κ1) is 16.1. The summed E-state index contributed by atoms with van der Waals surface area (Å²) in [5.74, 6) is 0. The number of anilines is 1. The molecule has 5 nitrogen and oxygen atoms in total. The molecule has 1 aromatic rings. The monoisotopic (exact) mass is 304 g/mol. The average Bonchev–Trinajstić information content (AvgIpc) is 2.35. The van der Waals surface area contributed by atoms with E-state index in [2.05, 4.69) is 4.72 Å². The summed E-state index contributed by atoms with van der Waals surface area (Å²) in [5, 5.41) is 0. The molecule has 1 atom stereocenters. The van der Waals surface area contributed by atoms with Gasteiger partial charge in [0.15, 0.2) is 0 Å². The van der Waals surface area contributed by atoms with Gasteiger partial charge in [0, 0.05) is 35.5 Å². The van der Waals surface area contributed by atoms with E-state index in [1.54, 1.807) is 37.6 Å². The van der Waals surface area contributed by atoms with Crippen molar-refractivity contribution in [3.05, 3.63) is 24.3 Å². The first-order valence-corrected chi connectivity index (χ1v) is 9.04. The van der Waals surface area contributed by atoms with Gasteiger partial charge in [0.2, 0.25) is 0 Å². The van der Waals surface area contributed by atoms with Crippen LogP contribution in [0.1, 0.15) is 19.8 Å². The van der Waals surface area contributed by atoms with E-state index in [4.69, 9.17) is 0 Å². The van der Waals surface area contributed by atoms with Crippen LogP contribution < -0.4 is 4.72 Å². The van der Waals surface area contributed by atoms with Crippen molar-refractivity contribution in [3.8, 4) is 0 Å². The van der Waals surface area contributed by atoms with E-state index < -0.39 is 21.0 Å². The molecular weight excluding hydrogens is 284 g/mol. The minimum atomic E-state index is -3.54. The average molecular weight is 304 g/mol. The molecule has 1 N–H and O–H groups in total. The largest absolute Gasteiger partial charge is 0.301 e. The Kier molecular flexibility index (Phi) is 5.96. The van der Waals surface area contributed by atoms with E-state index in [1.807, 2.05) is 6.92 Å². The van der Waals surface area contributed by atoms with E-state index in [-0.39, 0.29) is 0 Å². The molecule has 19 heavy (non-hydrogen) atoms. The van der Waals surface area contributed by atoms with Crippen LogP contribution in [0.25, 0.3) is 0 Å². The molecule has 1 aromatic carbocycles. The molecule has 0 spiro atoms. The summed E-state index contributed by atoms with van der Waals surface area (Å²) in [6, 6.07) is 6.61. The van der Waals surface area contributed by atoms with Gasteiger partial charge in [-0.05, 0) is 24.6 Å². The molecular formula is C12H20N2O3S2. The molecule has 0 saturated heterocycles. The van der Waals surface area contributed by atoms with Crippen molar-refractivity contribution >= 4 is 26.7 Å². The molecule has 0 saturated carbocycles. The second kappa shape index (κ2) is 7.02. The Labute approximate surface area is 117 Å². The van der Waals surface area contributed by atoms with Crippen LogP contribution in [0.2, 0.25) is 0 Å². The van der Waals surface area contributed by atoms with Crippen LogP contribution >= 0.6 is 0 Å². The van der Waals surface area contributed by atoms with Crippen LogP contribution in [0, 0.1) is 0 Å². The van der Waals surface area contributed by atoms with Crippen molar-refractivity contribution in [2.75, 3.05) is 24.6 Å². The minimum absolute atomic E-state index is 0.427. The molecule has 0 bridgehead atoms. The summed E-state index contributed by atoms with van der Waals surface area (Å²) in [4.78, 5) is 0.594. The molecule has 108 valence electrons. The van der Waals surface area contributed by atoms with E-state index in [0.29, 0.717) is 17.1 Å². The SMILES string of the molecule is CCCCN(C)S(=O)(=O)Nc1cccc([S@@](C)=O)c1. The number of hydrogen-bond acceptors (Lipinski definition) is 3. The summed E-state index contributed by atoms with van der Waals surface area (Å²) in [7, 11) is -3.13. The zero-order valence-electron chi connectivity index (χ0n) is 11.4. The standard InChI is InChI=1S/C12H20N2O3S2/c1-4-5-9-14(2)19(16,17)13-11-7-6-8-12(10-11)18(3)15/h6-8,10,13H,4-5,9H2,1-3H3/t18-/m1/s1. The zero-order valence-corrected chi connectivity index (χ0v) is 13.1. The molecule has 0 heterocycles. The Bertz CT molecular complexity index is 544. The maximum atomic E-state index is 12.0. The first-order valence-electron chi connectivity index (χ1n) is 6.04. The van der Waals surface area contributed by atoms with E-state index >= 15 is 0 Å². The van der Waals surface area contributed by atoms with Crippen LogP contribution in [-0.4, -0.2) is 36.8 Å². The number of benzene rings is 1. The Morgan fingerprint density at radius 1 is 1.37 bits per heavy atom. The summed E-state index contributed by atoms with van der Waals surface area (Å²) in [6.45, 7) is 2.49. The van der Waals surface area contributed by atoms with Gasteiger partial charge in [0.1, 0.15) is 0 Å². The van der Waals surface area contributed by atoms with Gasteiger partial charge < -0.3 is 0 Å². The third-order valence-electron chi connectivity index (χ3n) is 2.65. The number of rotatable bonds is 7. The number of unbranched alkanes of at least 4 members (excludes halogenated alkanes) is 1. The lowest BCUT2D eigenvalue weighted by Crippen LogP contribution is -2.33. The van der Waals surface area contributed by atoms with Crippen molar-refractivity contribution < 1.29 is 12.6 Å². The van der Waals surface area contributed by atoms with Crippen molar-refractivity contribution in [2.45, 2.75) is 24.7 Å². The van der Waals surface area contributed by atoms with Gasteiger partial charge in [-0.15, -0.1) is 0 Å². The van der Waals surface area contributed by atoms with Crippen LogP contribution in [0.5, 0.6) is 0 Å². The minimum Gasteiger partial charge on any atom is -0.271 e. The highest BCUT2D eigenvalue weighted by molar-refractivity contribution is 7.90. The zero-order chi connectivity index (χ0) is 14.5. The second-order valence-electron chi connectivity index (χ2n) is 4.26. The quantitative estimate of drug-likeness (QED) is 0.835. The molecule has 0 fully saturated rings. The van der Waals surface area contributed by atoms with Gasteiger partial charge in [-0.25, -0.2) is 0 Å². The fourth-order valence-corrected chi connectivity index (χ4v) is 2.98. The van der Waals surface area contributed by atoms with Gasteiger partial charge in [0.25, 0.3) is 0 Å². The topological polar surface area (TPSA) is 66.5 Å². The maximum Gasteiger partial charge on any atom is 0.301 e. The number of nitrogens with zero attached hydrogens (tertiary/aromatic N) is 1. The Morgan fingerprint density at radius 3 is 2.63 bits per heavy atom. The third-order valence-corrected chi connectivity index (χ3v) is 5.06. The van der Waals surface area contributed by atoms with Gasteiger partial charge in [-0.2, -0.15) is 12.7 Å². The predicted molar refractivity (Wildman–Crippen MR) is 78.9 cm³/mol. The highest BCUT2D eigenvalue weighted by Gasteiger charge is 2.17. The van der Waals surface area contributed by atoms with Crippen molar-refractivity contribution in [1.82, 2.24) is 4.31 Å². The Morgan fingerprint density at radius 2 is 2.05 bits per heavy atom. The summed E-state index contributed by atoms with van der Waals surface area (Å²) < 4.78 is 39.2. The van der Waals surface area contributed by atoms with Crippen LogP contribution in [0.3, 0.4) is 0 Å². The first-order chi connectivity index (χ1) is 8.86. The van der Waals surface area contributed by atoms with Crippen LogP contribution in [0.4, 0.5) is 5.69 Å². The lowest BCUT2D eigenvalue weighted by Gasteiger charge is -2.18. The van der Waals surface area contributed by atoms with Crippen molar-refractivity contribution in [1.29, 1.82) is 0 Å². The van der Waals surface area contributed by atoms with Gasteiger partial charge in [-0.1, -0.05) is 19.4 Å². The summed E-state index contributed by atoms with van der Waals surface area (Å²) in [6.07, 6.45) is 3.31. The Balaban J connectivity index is 2.83. The molecule has 0 aliphatic rings. The van der Waals surface area contributed by atoms with Crippen molar-refractivity contribution in [2.24, 2.45) is 0 Å². The molecule has 0 unspecified atom stereocenters. The maximum absolute atomic E-state index is 12.0. The second-order valence-corrected chi connectivity index (χ2v) is 7.42. The van der Waals surface area contributed by atoms with Gasteiger partial charge >= 0.3 is 10.2 Å². The lowest BCUT2D eigenvalue weighted by molar-refractivity contribution is 0.463. The molecule has 7 heteroatoms. The highest BCUT2D eigenvalue weighted by Crippen LogP contribution is 2.15.